The summed E-state index contributed by atoms with van der Waals surface area (Å²) in [6.07, 6.45) is 4.47. The van der Waals surface area contributed by atoms with Gasteiger partial charge in [0.05, 0.1) is 12.4 Å². The molecule has 0 radical (unpaired) electrons. The van der Waals surface area contributed by atoms with Gasteiger partial charge in [-0.15, -0.1) is 0 Å². The molecule has 1 aliphatic carbocycles. The van der Waals surface area contributed by atoms with Crippen molar-refractivity contribution in [1.29, 1.82) is 0 Å². The van der Waals surface area contributed by atoms with Gasteiger partial charge in [0.2, 0.25) is 0 Å². The summed E-state index contributed by atoms with van der Waals surface area (Å²) in [7, 11) is -1.41. The average Bonchev–Trinajstić information content (AvgIpc) is 2.45. The van der Waals surface area contributed by atoms with Gasteiger partial charge in [-0.25, -0.2) is 8.42 Å². The number of nitrogens with two attached hydrogens (primary N) is 1. The van der Waals surface area contributed by atoms with E-state index in [1.165, 1.54) is 6.26 Å². The largest absolute Gasteiger partial charge is 0.496 e. The van der Waals surface area contributed by atoms with Gasteiger partial charge < -0.3 is 10.5 Å². The summed E-state index contributed by atoms with van der Waals surface area (Å²) < 4.78 is 28.9. The molecule has 0 aliphatic heterocycles. The Kier molecular flexibility index (Phi) is 5.17. The molecule has 0 aromatic heterocycles. The van der Waals surface area contributed by atoms with Gasteiger partial charge in [-0.2, -0.15) is 0 Å². The van der Waals surface area contributed by atoms with Gasteiger partial charge in [-0.3, -0.25) is 0 Å². The van der Waals surface area contributed by atoms with Crippen LogP contribution in [0.1, 0.15) is 37.3 Å². The Balaban J connectivity index is 2.23. The number of hydrogen-bond acceptors (Lipinski definition) is 4. The van der Waals surface area contributed by atoms with Crippen LogP contribution in [0.3, 0.4) is 0 Å². The summed E-state index contributed by atoms with van der Waals surface area (Å²) in [5, 5.41) is 0.323. The predicted octanol–water partition coefficient (Wildman–Crippen LogP) is 2.95. The van der Waals surface area contributed by atoms with Crippen LogP contribution in [0.15, 0.2) is 18.2 Å². The van der Waals surface area contributed by atoms with Crippen LogP contribution >= 0.6 is 11.6 Å². The lowest BCUT2D eigenvalue weighted by atomic mass is 9.81. The first-order valence-electron chi connectivity index (χ1n) is 7.11. The molecule has 2 rings (SSSR count). The fourth-order valence-electron chi connectivity index (χ4n) is 3.12. The van der Waals surface area contributed by atoms with Crippen LogP contribution in [-0.4, -0.2) is 27.0 Å². The highest BCUT2D eigenvalue weighted by Crippen LogP contribution is 2.39. The normalized spacial score (nSPS) is 24.6. The highest BCUT2D eigenvalue weighted by Gasteiger charge is 2.33. The summed E-state index contributed by atoms with van der Waals surface area (Å²) in [5.74, 6) is 0.833. The Morgan fingerprint density at radius 2 is 2.10 bits per heavy atom. The first-order chi connectivity index (χ1) is 9.82. The lowest BCUT2D eigenvalue weighted by Crippen LogP contribution is -2.33. The molecule has 118 valence electrons. The second kappa shape index (κ2) is 6.55. The van der Waals surface area contributed by atoms with E-state index in [-0.39, 0.29) is 17.2 Å². The van der Waals surface area contributed by atoms with Gasteiger partial charge in [0, 0.05) is 22.9 Å². The van der Waals surface area contributed by atoms with Crippen LogP contribution in [0.4, 0.5) is 0 Å². The minimum absolute atomic E-state index is 0.130. The number of sulfone groups is 1. The number of rotatable bonds is 4. The number of hydrogen-bond donors (Lipinski definition) is 1. The van der Waals surface area contributed by atoms with E-state index in [9.17, 15) is 8.42 Å². The van der Waals surface area contributed by atoms with E-state index in [1.54, 1.807) is 19.2 Å². The Morgan fingerprint density at radius 1 is 1.38 bits per heavy atom. The van der Waals surface area contributed by atoms with Gasteiger partial charge in [-0.1, -0.05) is 18.0 Å². The molecule has 21 heavy (non-hydrogen) atoms. The first kappa shape index (κ1) is 16.6. The minimum Gasteiger partial charge on any atom is -0.496 e. The molecule has 0 spiro atoms. The molecule has 1 fully saturated rings. The molecular formula is C15H22ClNO3S. The maximum Gasteiger partial charge on any atom is 0.150 e. The monoisotopic (exact) mass is 331 g/mol. The average molecular weight is 332 g/mol. The number of ether oxygens (including phenoxy) is 1. The molecule has 1 aromatic carbocycles. The number of benzene rings is 1. The third kappa shape index (κ3) is 3.90. The van der Waals surface area contributed by atoms with Crippen molar-refractivity contribution in [3.05, 3.63) is 28.8 Å². The van der Waals surface area contributed by atoms with Crippen LogP contribution in [-0.2, 0) is 9.84 Å². The van der Waals surface area contributed by atoms with Crippen LogP contribution in [0.2, 0.25) is 5.02 Å². The van der Waals surface area contributed by atoms with Crippen LogP contribution in [0, 0.1) is 5.92 Å². The van der Waals surface area contributed by atoms with Gasteiger partial charge in [-0.05, 0) is 43.4 Å². The van der Waals surface area contributed by atoms with E-state index in [0.717, 1.165) is 24.8 Å². The summed E-state index contributed by atoms with van der Waals surface area (Å²) in [6, 6.07) is 5.11. The van der Waals surface area contributed by atoms with E-state index in [2.05, 4.69) is 0 Å². The van der Waals surface area contributed by atoms with Crippen molar-refractivity contribution >= 4 is 21.4 Å². The van der Waals surface area contributed by atoms with Gasteiger partial charge in [0.1, 0.15) is 15.6 Å². The lowest BCUT2D eigenvalue weighted by Gasteiger charge is -2.32. The maximum absolute atomic E-state index is 11.8. The van der Waals surface area contributed by atoms with Gasteiger partial charge >= 0.3 is 0 Å². The minimum atomic E-state index is -3.01. The zero-order valence-electron chi connectivity index (χ0n) is 12.4. The fourth-order valence-corrected chi connectivity index (χ4v) is 4.49. The van der Waals surface area contributed by atoms with E-state index >= 15 is 0 Å². The van der Waals surface area contributed by atoms with E-state index in [1.807, 2.05) is 6.07 Å². The van der Waals surface area contributed by atoms with Crippen molar-refractivity contribution in [1.82, 2.24) is 0 Å². The zero-order valence-corrected chi connectivity index (χ0v) is 14.0. The standard InChI is InChI=1S/C15H22ClNO3S/c1-20-14-7-6-11(16)9-13(14)15(17)10-4-3-5-12(8-10)21(2,18)19/h6-7,9-10,12,15H,3-5,8,17H2,1-2H3. The van der Waals surface area contributed by atoms with Crippen molar-refractivity contribution in [2.45, 2.75) is 37.0 Å². The molecule has 0 bridgehead atoms. The van der Waals surface area contributed by atoms with Gasteiger partial charge in [0.15, 0.2) is 0 Å². The van der Waals surface area contributed by atoms with Crippen molar-refractivity contribution in [2.75, 3.05) is 13.4 Å². The third-order valence-electron chi connectivity index (χ3n) is 4.33. The maximum atomic E-state index is 11.8. The molecule has 1 saturated carbocycles. The lowest BCUT2D eigenvalue weighted by molar-refractivity contribution is 0.302. The Bertz CT molecular complexity index is 603. The quantitative estimate of drug-likeness (QED) is 0.921. The summed E-state index contributed by atoms with van der Waals surface area (Å²) in [4.78, 5) is 0. The third-order valence-corrected chi connectivity index (χ3v) is 6.21. The first-order valence-corrected chi connectivity index (χ1v) is 9.44. The second-order valence-electron chi connectivity index (χ2n) is 5.79. The van der Waals surface area contributed by atoms with Crippen molar-refractivity contribution in [3.8, 4) is 5.75 Å². The van der Waals surface area contributed by atoms with E-state index < -0.39 is 9.84 Å². The van der Waals surface area contributed by atoms with Gasteiger partial charge in [0.25, 0.3) is 0 Å². The van der Waals surface area contributed by atoms with E-state index in [0.29, 0.717) is 17.2 Å². The number of halogens is 1. The Morgan fingerprint density at radius 3 is 2.71 bits per heavy atom. The molecule has 4 nitrogen and oxygen atoms in total. The van der Waals surface area contributed by atoms with Crippen molar-refractivity contribution < 1.29 is 13.2 Å². The SMILES string of the molecule is COc1ccc(Cl)cc1C(N)C1CCCC(S(C)(=O)=O)C1. The highest BCUT2D eigenvalue weighted by molar-refractivity contribution is 7.91. The summed E-state index contributed by atoms with van der Waals surface area (Å²) in [5.41, 5.74) is 7.24. The molecule has 0 amide bonds. The smallest absolute Gasteiger partial charge is 0.150 e. The molecule has 1 aliphatic rings. The fraction of sp³-hybridized carbons (Fsp3) is 0.600. The Labute approximate surface area is 131 Å². The molecular weight excluding hydrogens is 310 g/mol. The highest BCUT2D eigenvalue weighted by atomic mass is 35.5. The molecule has 0 heterocycles. The molecule has 0 saturated heterocycles. The van der Waals surface area contributed by atoms with Crippen LogP contribution in [0.5, 0.6) is 5.75 Å². The van der Waals surface area contributed by atoms with Crippen molar-refractivity contribution in [2.24, 2.45) is 11.7 Å². The van der Waals surface area contributed by atoms with Crippen molar-refractivity contribution in [3.63, 3.8) is 0 Å². The zero-order chi connectivity index (χ0) is 15.6. The number of methoxy groups -OCH3 is 1. The molecule has 1 aromatic rings. The molecule has 6 heteroatoms. The topological polar surface area (TPSA) is 69.4 Å². The van der Waals surface area contributed by atoms with Crippen LogP contribution in [0.25, 0.3) is 0 Å². The second-order valence-corrected chi connectivity index (χ2v) is 8.55. The predicted molar refractivity (Wildman–Crippen MR) is 85.5 cm³/mol. The van der Waals surface area contributed by atoms with Crippen LogP contribution < -0.4 is 10.5 Å². The van der Waals surface area contributed by atoms with E-state index in [4.69, 9.17) is 22.1 Å². The molecule has 2 N–H and O–H groups in total. The summed E-state index contributed by atoms with van der Waals surface area (Å²) >= 11 is 6.05. The summed E-state index contributed by atoms with van der Waals surface area (Å²) in [6.45, 7) is 0. The Hall–Kier alpha value is -0.780. The molecule has 3 unspecified atom stereocenters. The molecule has 3 atom stereocenters.